The normalized spacial score (nSPS) is 20.5. The molecule has 0 radical (unpaired) electrons. The van der Waals surface area contributed by atoms with Crippen LogP contribution in [0.3, 0.4) is 0 Å². The van der Waals surface area contributed by atoms with Gasteiger partial charge in [-0.2, -0.15) is 0 Å². The highest BCUT2D eigenvalue weighted by molar-refractivity contribution is 8.23. The molecule has 152 valence electrons. The summed E-state index contributed by atoms with van der Waals surface area (Å²) in [6.45, 7) is 4.54. The van der Waals surface area contributed by atoms with Gasteiger partial charge in [-0.15, -0.1) is 19.8 Å². The lowest BCUT2D eigenvalue weighted by atomic mass is 9.88. The van der Waals surface area contributed by atoms with E-state index in [0.29, 0.717) is 11.4 Å². The Morgan fingerprint density at radius 1 is 1.39 bits per heavy atom. The van der Waals surface area contributed by atoms with E-state index in [2.05, 4.69) is 16.3 Å². The number of rotatable bonds is 4. The number of ether oxygens (including phenoxy) is 1. The third-order valence-electron chi connectivity index (χ3n) is 4.72. The van der Waals surface area contributed by atoms with E-state index in [9.17, 15) is 13.2 Å². The Labute approximate surface area is 176 Å². The summed E-state index contributed by atoms with van der Waals surface area (Å²) in [4.78, 5) is 6.65. The second kappa shape index (κ2) is 9.09. The molecule has 2 fully saturated rings. The molecule has 9 heteroatoms. The highest BCUT2D eigenvalue weighted by Gasteiger charge is 2.41. The predicted octanol–water partition coefficient (Wildman–Crippen LogP) is 6.39. The van der Waals surface area contributed by atoms with Crippen LogP contribution in [-0.4, -0.2) is 38.8 Å². The van der Waals surface area contributed by atoms with Crippen molar-refractivity contribution in [2.45, 2.75) is 32.0 Å². The van der Waals surface area contributed by atoms with Gasteiger partial charge < -0.3 is 9.64 Å². The summed E-state index contributed by atoms with van der Waals surface area (Å²) in [5.41, 5.74) is 0.650. The summed E-state index contributed by atoms with van der Waals surface area (Å²) in [5.74, 6) is 1.38. The molecule has 28 heavy (non-hydrogen) atoms. The second-order valence-electron chi connectivity index (χ2n) is 6.89. The summed E-state index contributed by atoms with van der Waals surface area (Å²) >= 11 is 8.77. The van der Waals surface area contributed by atoms with Crippen LogP contribution in [0.2, 0.25) is 0 Å². The van der Waals surface area contributed by atoms with Gasteiger partial charge in [-0.1, -0.05) is 60.7 Å². The van der Waals surface area contributed by atoms with Crippen molar-refractivity contribution < 1.29 is 17.9 Å². The van der Waals surface area contributed by atoms with Crippen molar-refractivity contribution in [1.29, 1.82) is 0 Å². The predicted molar refractivity (Wildman–Crippen MR) is 116 cm³/mol. The van der Waals surface area contributed by atoms with Crippen molar-refractivity contribution in [2.75, 3.05) is 18.1 Å². The molecule has 0 atom stereocenters. The van der Waals surface area contributed by atoms with E-state index in [4.69, 9.17) is 12.2 Å². The minimum Gasteiger partial charge on any atom is -0.406 e. The van der Waals surface area contributed by atoms with Gasteiger partial charge in [-0.3, -0.25) is 0 Å². The number of hydrogen-bond donors (Lipinski definition) is 0. The van der Waals surface area contributed by atoms with Crippen LogP contribution in [0.4, 0.5) is 18.9 Å². The Kier molecular flexibility index (Phi) is 6.98. The molecule has 1 heterocycles. The molecule has 1 aromatic carbocycles. The number of nitrogens with zero attached hydrogens (tertiary/aromatic N) is 2. The van der Waals surface area contributed by atoms with E-state index in [0.717, 1.165) is 21.8 Å². The van der Waals surface area contributed by atoms with Gasteiger partial charge in [0, 0.05) is 24.1 Å². The van der Waals surface area contributed by atoms with E-state index < -0.39 is 6.36 Å². The maximum atomic E-state index is 12.5. The van der Waals surface area contributed by atoms with Crippen molar-refractivity contribution in [3.63, 3.8) is 0 Å². The van der Waals surface area contributed by atoms with Crippen molar-refractivity contribution in [2.24, 2.45) is 10.4 Å². The van der Waals surface area contributed by atoms with Gasteiger partial charge in [-0.05, 0) is 30.4 Å². The minimum absolute atomic E-state index is 0.240. The summed E-state index contributed by atoms with van der Waals surface area (Å²) in [7, 11) is 0. The Morgan fingerprint density at radius 2 is 2.14 bits per heavy atom. The van der Waals surface area contributed by atoms with Crippen LogP contribution in [-0.2, 0) is 0 Å². The summed E-state index contributed by atoms with van der Waals surface area (Å²) < 4.78 is 42.2. The van der Waals surface area contributed by atoms with Crippen molar-refractivity contribution in [1.82, 2.24) is 4.90 Å². The largest absolute Gasteiger partial charge is 0.573 e. The Morgan fingerprint density at radius 3 is 2.82 bits per heavy atom. The number of hydrogen-bond acceptors (Lipinski definition) is 5. The molecule has 0 unspecified atom stereocenters. The quantitative estimate of drug-likeness (QED) is 0.394. The standard InChI is InChI=1S/C19H21F3N2OS3/c1-2-10-27-17(26)24-12-18(8-3-4-9-18)13-28-16(24)23-14-6-5-7-15(11-14)25-19(20,21)22/h2,5-7,11H,1,3-4,8-10,12-13H2. The number of thioether (sulfide) groups is 2. The van der Waals surface area contributed by atoms with E-state index in [-0.39, 0.29) is 11.2 Å². The van der Waals surface area contributed by atoms with E-state index in [1.54, 1.807) is 23.9 Å². The maximum absolute atomic E-state index is 12.5. The van der Waals surface area contributed by atoms with Crippen molar-refractivity contribution >= 4 is 50.9 Å². The number of benzene rings is 1. The van der Waals surface area contributed by atoms with Gasteiger partial charge in [0.15, 0.2) is 5.17 Å². The van der Waals surface area contributed by atoms with E-state index >= 15 is 0 Å². The van der Waals surface area contributed by atoms with E-state index in [1.165, 1.54) is 55.6 Å². The zero-order valence-corrected chi connectivity index (χ0v) is 17.7. The number of thiocarbonyl (C=S) groups is 1. The van der Waals surface area contributed by atoms with Gasteiger partial charge in [0.25, 0.3) is 0 Å². The molecule has 1 saturated heterocycles. The van der Waals surface area contributed by atoms with Crippen LogP contribution in [0.25, 0.3) is 0 Å². The van der Waals surface area contributed by atoms with Crippen LogP contribution in [0.1, 0.15) is 25.7 Å². The average molecular weight is 447 g/mol. The average Bonchev–Trinajstić information content (AvgIpc) is 3.08. The van der Waals surface area contributed by atoms with Crippen LogP contribution in [0.5, 0.6) is 5.75 Å². The highest BCUT2D eigenvalue weighted by atomic mass is 32.2. The molecule has 3 rings (SSSR count). The summed E-state index contributed by atoms with van der Waals surface area (Å²) in [6, 6.07) is 5.72. The second-order valence-corrected chi connectivity index (χ2v) is 9.48. The first-order valence-electron chi connectivity index (χ1n) is 8.93. The van der Waals surface area contributed by atoms with E-state index in [1.807, 2.05) is 4.90 Å². The number of halogens is 3. The molecule has 0 amide bonds. The molecule has 0 aromatic heterocycles. The third kappa shape index (κ3) is 5.67. The number of amidine groups is 1. The van der Waals surface area contributed by atoms with Crippen molar-refractivity contribution in [3.8, 4) is 5.75 Å². The first-order chi connectivity index (χ1) is 13.3. The minimum atomic E-state index is -4.73. The molecule has 0 bridgehead atoms. The molecule has 1 aliphatic carbocycles. The first-order valence-corrected chi connectivity index (χ1v) is 11.3. The molecule has 1 spiro atoms. The number of aliphatic imine (C=N–C) groups is 1. The zero-order valence-electron chi connectivity index (χ0n) is 15.2. The Hall–Kier alpha value is -1.19. The number of alkyl halides is 3. The molecule has 1 aliphatic heterocycles. The zero-order chi connectivity index (χ0) is 20.2. The molecular weight excluding hydrogens is 425 g/mol. The van der Waals surface area contributed by atoms with Gasteiger partial charge in [0.1, 0.15) is 10.1 Å². The monoisotopic (exact) mass is 446 g/mol. The SMILES string of the molecule is C=CCSC(=S)N1CC2(CCCC2)CSC1=Nc1cccc(OC(F)(F)F)c1. The first kappa shape index (κ1) is 21.5. The summed E-state index contributed by atoms with van der Waals surface area (Å²) in [6.07, 6.45) is 1.87. The lowest BCUT2D eigenvalue weighted by Gasteiger charge is -2.41. The van der Waals surface area contributed by atoms with Gasteiger partial charge in [-0.25, -0.2) is 4.99 Å². The Bertz CT molecular complexity index is 761. The molecule has 1 aromatic rings. The highest BCUT2D eigenvalue weighted by Crippen LogP contribution is 2.46. The fraction of sp³-hybridized carbons (Fsp3) is 0.474. The fourth-order valence-electron chi connectivity index (χ4n) is 3.48. The van der Waals surface area contributed by atoms with Gasteiger partial charge >= 0.3 is 6.36 Å². The lowest BCUT2D eigenvalue weighted by Crippen LogP contribution is -2.47. The molecular formula is C19H21F3N2OS3. The lowest BCUT2D eigenvalue weighted by molar-refractivity contribution is -0.274. The molecule has 1 saturated carbocycles. The van der Waals surface area contributed by atoms with Crippen LogP contribution >= 0.6 is 35.7 Å². The van der Waals surface area contributed by atoms with Gasteiger partial charge in [0.05, 0.1) is 5.69 Å². The fourth-order valence-corrected chi connectivity index (χ4v) is 5.81. The van der Waals surface area contributed by atoms with Crippen LogP contribution in [0, 0.1) is 5.41 Å². The third-order valence-corrected chi connectivity index (χ3v) is 7.49. The maximum Gasteiger partial charge on any atom is 0.573 e. The van der Waals surface area contributed by atoms with Crippen LogP contribution < -0.4 is 4.74 Å². The van der Waals surface area contributed by atoms with Crippen molar-refractivity contribution in [3.05, 3.63) is 36.9 Å². The Balaban J connectivity index is 1.84. The molecule has 3 nitrogen and oxygen atoms in total. The summed E-state index contributed by atoms with van der Waals surface area (Å²) in [5, 5.41) is 0.725. The van der Waals surface area contributed by atoms with Gasteiger partial charge in [0.2, 0.25) is 0 Å². The molecule has 2 aliphatic rings. The topological polar surface area (TPSA) is 24.8 Å². The molecule has 0 N–H and O–H groups in total. The smallest absolute Gasteiger partial charge is 0.406 e. The van der Waals surface area contributed by atoms with Crippen LogP contribution in [0.15, 0.2) is 41.9 Å².